The number of rotatable bonds is 15. The first-order chi connectivity index (χ1) is 53.1. The van der Waals surface area contributed by atoms with Crippen LogP contribution in [0.5, 0.6) is 0 Å². The predicted molar refractivity (Wildman–Crippen MR) is 428 cm³/mol. The number of carbonyl (C=O) groups is 13. The Labute approximate surface area is 659 Å². The van der Waals surface area contributed by atoms with Crippen molar-refractivity contribution in [3.8, 4) is 11.1 Å². The smallest absolute Gasteiger partial charge is 0.245 e. The molecular weight excluding hydrogens is 1450 g/mol. The monoisotopic (exact) mass is 1560 g/mol. The van der Waals surface area contributed by atoms with Crippen molar-refractivity contribution in [2.45, 2.75) is 207 Å². The summed E-state index contributed by atoms with van der Waals surface area (Å²) in [5.41, 5.74) is 3.87. The quantitative estimate of drug-likeness (QED) is 0.0650. The van der Waals surface area contributed by atoms with Crippen LogP contribution in [0.15, 0.2) is 128 Å². The lowest BCUT2D eigenvalue weighted by Crippen LogP contribution is -2.62. The fraction of sp³-hybridized carbons (Fsp3) is 0.494. The molecule has 2 aliphatic heterocycles. The van der Waals surface area contributed by atoms with Gasteiger partial charge < -0.3 is 72.9 Å². The second-order valence-electron chi connectivity index (χ2n) is 31.7. The normalized spacial score (nSPS) is 24.5. The second-order valence-corrected chi connectivity index (χ2v) is 32.8. The van der Waals surface area contributed by atoms with Gasteiger partial charge in [-0.3, -0.25) is 62.3 Å². The number of para-hydroxylation sites is 1. The third-order valence-electron chi connectivity index (χ3n) is 20.2. The molecule has 28 nitrogen and oxygen atoms in total. The van der Waals surface area contributed by atoms with E-state index in [1.165, 1.54) is 43.2 Å². The SMILES string of the molecule is CC(C)C[C@@H]1NC(=O)[C@H](C(C)C)NC(=O)[C@H](Cc2ccccc2)N(C)C(=O)[C@H](Cc2cnc[nH]2)NC(=O)[C@H](C)NC(=O)[C@H](C)NC(=O)CSC[C@@H](C(=O)C(C)(C)C)NC(=O)C(C(C)C)NC(=O)[C@H](Cc2c[nH]c3ccccc23)NC(=O)C(C(C)C)NC(=O)[C@H](Cc2ccc(-c3ccccc3)cc2)NC(=O)[C@@H]2CCCN2C1=O. The Kier molecular flexibility index (Phi) is 31.0. The Morgan fingerprint density at radius 3 is 1.62 bits per heavy atom. The number of carbonyl (C=O) groups excluding carboxylic acids is 13. The molecule has 12 atom stereocenters. The van der Waals surface area contributed by atoms with Gasteiger partial charge in [0, 0.05) is 79.4 Å². The third-order valence-corrected chi connectivity index (χ3v) is 21.2. The van der Waals surface area contributed by atoms with Crippen LogP contribution in [0.4, 0.5) is 0 Å². The van der Waals surface area contributed by atoms with Crippen LogP contribution in [0.1, 0.15) is 132 Å². The second kappa shape index (κ2) is 40.0. The molecule has 29 heteroatoms. The molecule has 4 heterocycles. The lowest BCUT2D eigenvalue weighted by atomic mass is 9.86. The molecule has 0 saturated carbocycles. The molecule has 2 fully saturated rings. The van der Waals surface area contributed by atoms with Gasteiger partial charge in [-0.05, 0) is 90.7 Å². The molecule has 0 spiro atoms. The summed E-state index contributed by atoms with van der Waals surface area (Å²) >= 11 is 0.992. The highest BCUT2D eigenvalue weighted by atomic mass is 32.2. The number of ketones is 1. The molecule has 0 aliphatic carbocycles. The van der Waals surface area contributed by atoms with E-state index in [0.717, 1.165) is 33.8 Å². The molecule has 2 aliphatic rings. The summed E-state index contributed by atoms with van der Waals surface area (Å²) in [6.45, 7) is 21.8. The van der Waals surface area contributed by atoms with Crippen LogP contribution in [-0.2, 0) is 88.0 Å². The van der Waals surface area contributed by atoms with Crippen LogP contribution >= 0.6 is 11.8 Å². The van der Waals surface area contributed by atoms with Crippen LogP contribution in [0.25, 0.3) is 22.0 Å². The molecule has 602 valence electrons. The first kappa shape index (κ1) is 86.9. The molecule has 6 aromatic rings. The van der Waals surface area contributed by atoms with Gasteiger partial charge in [-0.25, -0.2) is 4.98 Å². The van der Waals surface area contributed by atoms with Crippen molar-refractivity contribution in [1.29, 1.82) is 0 Å². The van der Waals surface area contributed by atoms with Crippen LogP contribution in [-0.4, -0.2) is 199 Å². The number of thioether (sulfide) groups is 1. The minimum atomic E-state index is -1.40. The highest BCUT2D eigenvalue weighted by molar-refractivity contribution is 8.00. The van der Waals surface area contributed by atoms with E-state index >= 15 is 33.6 Å². The van der Waals surface area contributed by atoms with Gasteiger partial charge in [-0.2, -0.15) is 0 Å². The molecule has 4 aromatic carbocycles. The van der Waals surface area contributed by atoms with E-state index in [1.54, 1.807) is 98.8 Å². The third kappa shape index (κ3) is 23.9. The van der Waals surface area contributed by atoms with Crippen molar-refractivity contribution < 1.29 is 62.3 Å². The summed E-state index contributed by atoms with van der Waals surface area (Å²) in [6, 6.07) is 17.7. The van der Waals surface area contributed by atoms with Gasteiger partial charge in [0.2, 0.25) is 70.9 Å². The highest BCUT2D eigenvalue weighted by Crippen LogP contribution is 2.26. The number of fused-ring (bicyclic) bond motifs is 2. The zero-order chi connectivity index (χ0) is 81.8. The molecule has 0 radical (unpaired) electrons. The number of aromatic nitrogens is 3. The number of benzene rings is 4. The highest BCUT2D eigenvalue weighted by Gasteiger charge is 2.43. The van der Waals surface area contributed by atoms with E-state index in [0.29, 0.717) is 28.8 Å². The van der Waals surface area contributed by atoms with Crippen molar-refractivity contribution in [3.63, 3.8) is 0 Å². The number of hydrogen-bond acceptors (Lipinski definition) is 15. The van der Waals surface area contributed by atoms with Gasteiger partial charge in [0.15, 0.2) is 5.78 Å². The summed E-state index contributed by atoms with van der Waals surface area (Å²) < 4.78 is 0. The van der Waals surface area contributed by atoms with Crippen molar-refractivity contribution in [2.75, 3.05) is 25.1 Å². The minimum Gasteiger partial charge on any atom is -0.361 e. The molecule has 8 rings (SSSR count). The van der Waals surface area contributed by atoms with E-state index < -0.39 is 172 Å². The van der Waals surface area contributed by atoms with Gasteiger partial charge >= 0.3 is 0 Å². The van der Waals surface area contributed by atoms with Crippen molar-refractivity contribution in [2.24, 2.45) is 29.1 Å². The Hall–Kier alpha value is -10.7. The maximum atomic E-state index is 15.3. The fourth-order valence-electron chi connectivity index (χ4n) is 13.7. The molecular formula is C83H111N15O13S. The number of Topliss-reactive ketones (excluding diaryl/α,β-unsaturated/α-hetero) is 1. The van der Waals surface area contributed by atoms with Gasteiger partial charge in [0.1, 0.15) is 66.5 Å². The topological polar surface area (TPSA) is 393 Å². The molecule has 12 N–H and O–H groups in total. The molecule has 2 aromatic heterocycles. The Morgan fingerprint density at radius 1 is 0.509 bits per heavy atom. The summed E-state index contributed by atoms with van der Waals surface area (Å²) in [5, 5.41) is 29.0. The molecule has 112 heavy (non-hydrogen) atoms. The fourth-order valence-corrected chi connectivity index (χ4v) is 14.6. The van der Waals surface area contributed by atoms with Crippen molar-refractivity contribution >= 4 is 99.3 Å². The van der Waals surface area contributed by atoms with E-state index in [1.807, 2.05) is 92.7 Å². The van der Waals surface area contributed by atoms with Gasteiger partial charge in [-0.1, -0.05) is 179 Å². The Morgan fingerprint density at radius 2 is 1.03 bits per heavy atom. The average Bonchev–Trinajstić information content (AvgIpc) is 1.68. The van der Waals surface area contributed by atoms with Gasteiger partial charge in [-0.15, -0.1) is 11.8 Å². The minimum absolute atomic E-state index is 0.0669. The molecule has 2 unspecified atom stereocenters. The number of H-pyrrole nitrogens is 2. The molecule has 12 amide bonds. The maximum absolute atomic E-state index is 15.3. The lowest BCUT2D eigenvalue weighted by molar-refractivity contribution is -0.144. The Bertz CT molecular complexity index is 4280. The van der Waals surface area contributed by atoms with Crippen molar-refractivity contribution in [1.82, 2.24) is 77.9 Å². The first-order valence-corrected chi connectivity index (χ1v) is 39.7. The Balaban J connectivity index is 1.16. The predicted octanol–water partition coefficient (Wildman–Crippen LogP) is 4.91. The van der Waals surface area contributed by atoms with Crippen LogP contribution in [0.3, 0.4) is 0 Å². The summed E-state index contributed by atoms with van der Waals surface area (Å²) in [4.78, 5) is 205. The standard InChI is InChI=1S/C83H111N15O13S/c1-46(2)36-62-82(111)98-35-23-30-65(98)76(105)89-60(37-53-31-33-55(34-32-53)54-26-19-16-20-27-54)74(103)94-68(47(3)4)78(107)90-61(39-56-41-85-59-29-22-21-28-58(56)59)75(104)95-69(48(5)6)80(109)93-64(71(100)83(11,12)13)43-112-44-67(99)87-50(9)72(101)88-51(10)73(102)91-63(40-57-42-84-45-86-57)81(110)97(14)66(38-52-24-17-15-18-25-52)77(106)96-70(49(7)8)79(108)92-62/h15-22,24-29,31-34,41-42,45-51,60-66,68-70,85H,23,30,35-40,43-44H2,1-14H3,(H,84,86)(H,87,99)(H,88,101)(H,89,105)(H,90,107)(H,91,102)(H,92,108)(H,93,109)(H,94,103)(H,95,104)(H,96,106)/t50-,51-,60-,61-,62-,63-,64-,65-,66-,68?,69?,70-/m0/s1. The molecule has 0 bridgehead atoms. The number of nitrogens with zero attached hydrogens (tertiary/aromatic N) is 3. The number of aromatic amines is 2. The first-order valence-electron chi connectivity index (χ1n) is 38.5. The van der Waals surface area contributed by atoms with Crippen LogP contribution < -0.4 is 53.2 Å². The van der Waals surface area contributed by atoms with E-state index in [4.69, 9.17) is 0 Å². The number of amides is 12. The van der Waals surface area contributed by atoms with E-state index in [9.17, 15) is 28.8 Å². The van der Waals surface area contributed by atoms with Crippen LogP contribution in [0.2, 0.25) is 0 Å². The van der Waals surface area contributed by atoms with Gasteiger partial charge in [0.25, 0.3) is 0 Å². The average molecular weight is 1560 g/mol. The van der Waals surface area contributed by atoms with Gasteiger partial charge in [0.05, 0.1) is 18.1 Å². The van der Waals surface area contributed by atoms with E-state index in [2.05, 4.69) is 68.1 Å². The summed E-state index contributed by atoms with van der Waals surface area (Å²) in [7, 11) is 1.39. The zero-order valence-corrected chi connectivity index (χ0v) is 67.3. The van der Waals surface area contributed by atoms with E-state index in [-0.39, 0.29) is 62.5 Å². The summed E-state index contributed by atoms with van der Waals surface area (Å²) in [6.07, 6.45) is 4.77. The zero-order valence-electron chi connectivity index (χ0n) is 66.5. The van der Waals surface area contributed by atoms with Crippen molar-refractivity contribution in [3.05, 3.63) is 150 Å². The summed E-state index contributed by atoms with van der Waals surface area (Å²) in [5.74, 6) is -11.7. The molecule has 2 saturated heterocycles. The lowest BCUT2D eigenvalue weighted by Gasteiger charge is -2.34. The number of likely N-dealkylation sites (N-methyl/N-ethyl adjacent to an activating group) is 1. The maximum Gasteiger partial charge on any atom is 0.245 e. The number of hydrogen-bond donors (Lipinski definition) is 12. The van der Waals surface area contributed by atoms with Crippen LogP contribution in [0, 0.1) is 29.1 Å². The largest absolute Gasteiger partial charge is 0.361 e. The number of imidazole rings is 1. The number of nitrogens with one attached hydrogen (secondary N) is 12.